The summed E-state index contributed by atoms with van der Waals surface area (Å²) in [5.41, 5.74) is 0.707. The van der Waals surface area contributed by atoms with Crippen LogP contribution in [-0.2, 0) is 4.79 Å². The second-order valence-corrected chi connectivity index (χ2v) is 4.58. The minimum absolute atomic E-state index is 0.243. The van der Waals surface area contributed by atoms with Gasteiger partial charge in [0.25, 0.3) is 0 Å². The van der Waals surface area contributed by atoms with E-state index in [0.717, 1.165) is 4.47 Å². The molecule has 0 atom stereocenters. The van der Waals surface area contributed by atoms with Gasteiger partial charge in [0, 0.05) is 8.95 Å². The fourth-order valence-electron chi connectivity index (χ4n) is 1.04. The molecular formula is C10H5Br2N3O. The Hall–Kier alpha value is -1.37. The fourth-order valence-corrected chi connectivity index (χ4v) is 2.37. The first-order valence-electron chi connectivity index (χ1n) is 4.14. The molecule has 0 spiro atoms. The van der Waals surface area contributed by atoms with Gasteiger partial charge >= 0.3 is 0 Å². The molecule has 1 N–H and O–H groups in total. The molecule has 4 nitrogen and oxygen atoms in total. The van der Waals surface area contributed by atoms with Crippen LogP contribution in [-0.4, -0.2) is 5.91 Å². The van der Waals surface area contributed by atoms with Crippen LogP contribution in [0.2, 0.25) is 0 Å². The Balaban J connectivity index is 3.10. The largest absolute Gasteiger partial charge is 0.323 e. The van der Waals surface area contributed by atoms with Crippen molar-refractivity contribution in [1.82, 2.24) is 0 Å². The SMILES string of the molecule is N#CCC(=O)Nc1c(Br)cc(Br)cc1C#N. The van der Waals surface area contributed by atoms with Crippen LogP contribution in [0.1, 0.15) is 12.0 Å². The highest BCUT2D eigenvalue weighted by Gasteiger charge is 2.11. The Labute approximate surface area is 109 Å². The van der Waals surface area contributed by atoms with Crippen LogP contribution in [0.25, 0.3) is 0 Å². The highest BCUT2D eigenvalue weighted by atomic mass is 79.9. The number of anilines is 1. The van der Waals surface area contributed by atoms with Crippen LogP contribution < -0.4 is 5.32 Å². The van der Waals surface area contributed by atoms with Crippen molar-refractivity contribution in [3.05, 3.63) is 26.6 Å². The minimum Gasteiger partial charge on any atom is -0.323 e. The summed E-state index contributed by atoms with van der Waals surface area (Å²) in [6.07, 6.45) is -0.243. The number of hydrogen-bond acceptors (Lipinski definition) is 3. The maximum atomic E-state index is 11.2. The van der Waals surface area contributed by atoms with E-state index < -0.39 is 5.91 Å². The van der Waals surface area contributed by atoms with Gasteiger partial charge in [-0.25, -0.2) is 0 Å². The monoisotopic (exact) mass is 341 g/mol. The predicted octanol–water partition coefficient (Wildman–Crippen LogP) is 2.94. The maximum absolute atomic E-state index is 11.2. The fraction of sp³-hybridized carbons (Fsp3) is 0.100. The second kappa shape index (κ2) is 5.64. The summed E-state index contributed by atoms with van der Waals surface area (Å²) >= 11 is 6.48. The molecule has 80 valence electrons. The number of hydrogen-bond donors (Lipinski definition) is 1. The lowest BCUT2D eigenvalue weighted by molar-refractivity contribution is -0.115. The molecule has 1 aromatic carbocycles. The maximum Gasteiger partial charge on any atom is 0.238 e. The van der Waals surface area contributed by atoms with E-state index in [2.05, 4.69) is 37.2 Å². The average Bonchev–Trinajstić information content (AvgIpc) is 2.22. The summed E-state index contributed by atoms with van der Waals surface area (Å²) in [6.45, 7) is 0. The molecule has 0 bridgehead atoms. The second-order valence-electron chi connectivity index (χ2n) is 2.81. The Bertz CT molecular complexity index is 514. The smallest absolute Gasteiger partial charge is 0.238 e. The zero-order valence-electron chi connectivity index (χ0n) is 7.92. The topological polar surface area (TPSA) is 76.7 Å². The lowest BCUT2D eigenvalue weighted by atomic mass is 10.2. The van der Waals surface area contributed by atoms with E-state index in [0.29, 0.717) is 15.7 Å². The number of carbonyl (C=O) groups is 1. The number of nitrogens with zero attached hydrogens (tertiary/aromatic N) is 2. The van der Waals surface area contributed by atoms with Crippen LogP contribution in [0.3, 0.4) is 0 Å². The number of carbonyl (C=O) groups excluding carboxylic acids is 1. The van der Waals surface area contributed by atoms with Crippen molar-refractivity contribution in [3.8, 4) is 12.1 Å². The highest BCUT2D eigenvalue weighted by molar-refractivity contribution is 9.11. The molecule has 0 aliphatic rings. The summed E-state index contributed by atoms with van der Waals surface area (Å²) in [5.74, 6) is -0.443. The van der Waals surface area contributed by atoms with Gasteiger partial charge in [-0.2, -0.15) is 10.5 Å². The zero-order chi connectivity index (χ0) is 12.1. The molecule has 6 heteroatoms. The summed E-state index contributed by atoms with van der Waals surface area (Å²) in [6, 6.07) is 7.00. The highest BCUT2D eigenvalue weighted by Crippen LogP contribution is 2.30. The summed E-state index contributed by atoms with van der Waals surface area (Å²) < 4.78 is 1.32. The number of rotatable bonds is 2. The van der Waals surface area contributed by atoms with Crippen LogP contribution >= 0.6 is 31.9 Å². The van der Waals surface area contributed by atoms with Gasteiger partial charge in [0.2, 0.25) is 5.91 Å². The van der Waals surface area contributed by atoms with Gasteiger partial charge in [0.05, 0.1) is 17.3 Å². The molecule has 0 saturated carbocycles. The molecule has 0 unspecified atom stereocenters. The van der Waals surface area contributed by atoms with E-state index in [1.54, 1.807) is 18.2 Å². The van der Waals surface area contributed by atoms with Crippen molar-refractivity contribution in [2.45, 2.75) is 6.42 Å². The quantitative estimate of drug-likeness (QED) is 0.897. The normalized spacial score (nSPS) is 9.00. The van der Waals surface area contributed by atoms with Gasteiger partial charge < -0.3 is 5.32 Å². The van der Waals surface area contributed by atoms with E-state index >= 15 is 0 Å². The van der Waals surface area contributed by atoms with Crippen molar-refractivity contribution < 1.29 is 4.79 Å². The molecule has 0 saturated heterocycles. The molecule has 0 aromatic heterocycles. The first-order valence-corrected chi connectivity index (χ1v) is 5.73. The van der Waals surface area contributed by atoms with Crippen molar-refractivity contribution in [3.63, 3.8) is 0 Å². The lowest BCUT2D eigenvalue weighted by Gasteiger charge is -2.08. The molecular weight excluding hydrogens is 338 g/mol. The molecule has 16 heavy (non-hydrogen) atoms. The van der Waals surface area contributed by atoms with Gasteiger partial charge in [-0.15, -0.1) is 0 Å². The Morgan fingerprint density at radius 2 is 2.06 bits per heavy atom. The minimum atomic E-state index is -0.443. The first kappa shape index (κ1) is 12.7. The first-order chi connectivity index (χ1) is 7.58. The Kier molecular flexibility index (Phi) is 4.48. The molecule has 1 amide bonds. The van der Waals surface area contributed by atoms with Crippen molar-refractivity contribution in [1.29, 1.82) is 10.5 Å². The molecule has 0 heterocycles. The molecule has 0 aliphatic heterocycles. The van der Waals surface area contributed by atoms with Crippen molar-refractivity contribution >= 4 is 43.5 Å². The van der Waals surface area contributed by atoms with E-state index in [-0.39, 0.29) is 6.42 Å². The van der Waals surface area contributed by atoms with Gasteiger partial charge in [-0.05, 0) is 28.1 Å². The summed E-state index contributed by atoms with van der Waals surface area (Å²) in [5, 5.41) is 19.8. The van der Waals surface area contributed by atoms with Gasteiger partial charge in [-0.1, -0.05) is 15.9 Å². The number of amides is 1. The third-order valence-corrected chi connectivity index (χ3v) is 2.76. The van der Waals surface area contributed by atoms with Crippen molar-refractivity contribution in [2.24, 2.45) is 0 Å². The number of nitriles is 2. The zero-order valence-corrected chi connectivity index (χ0v) is 11.1. The van der Waals surface area contributed by atoms with Crippen LogP contribution in [0, 0.1) is 22.7 Å². The van der Waals surface area contributed by atoms with Crippen LogP contribution in [0.15, 0.2) is 21.1 Å². The third kappa shape index (κ3) is 3.06. The van der Waals surface area contributed by atoms with Crippen LogP contribution in [0.5, 0.6) is 0 Å². The Morgan fingerprint density at radius 1 is 1.38 bits per heavy atom. The van der Waals surface area contributed by atoms with Gasteiger partial charge in [-0.3, -0.25) is 4.79 Å². The molecule has 1 rings (SSSR count). The van der Waals surface area contributed by atoms with Crippen molar-refractivity contribution in [2.75, 3.05) is 5.32 Å². The number of halogens is 2. The van der Waals surface area contributed by atoms with E-state index in [1.807, 2.05) is 6.07 Å². The standard InChI is InChI=1S/C10H5Br2N3O/c11-7-3-6(5-14)10(8(12)4-7)15-9(16)1-2-13/h3-4H,1H2,(H,15,16). The summed E-state index contributed by atoms with van der Waals surface area (Å²) in [7, 11) is 0. The molecule has 0 radical (unpaired) electrons. The van der Waals surface area contributed by atoms with E-state index in [4.69, 9.17) is 10.5 Å². The van der Waals surface area contributed by atoms with Gasteiger partial charge in [0.1, 0.15) is 12.5 Å². The number of nitrogens with one attached hydrogen (secondary N) is 1. The van der Waals surface area contributed by atoms with E-state index in [9.17, 15) is 4.79 Å². The number of benzene rings is 1. The average molecular weight is 343 g/mol. The Morgan fingerprint density at radius 3 is 2.62 bits per heavy atom. The molecule has 1 aromatic rings. The van der Waals surface area contributed by atoms with E-state index in [1.165, 1.54) is 0 Å². The molecule has 0 aliphatic carbocycles. The third-order valence-electron chi connectivity index (χ3n) is 1.68. The predicted molar refractivity (Wildman–Crippen MR) is 65.4 cm³/mol. The van der Waals surface area contributed by atoms with Crippen LogP contribution in [0.4, 0.5) is 5.69 Å². The molecule has 0 fully saturated rings. The summed E-state index contributed by atoms with van der Waals surface area (Å²) in [4.78, 5) is 11.2. The van der Waals surface area contributed by atoms with Gasteiger partial charge in [0.15, 0.2) is 0 Å². The lowest BCUT2D eigenvalue weighted by Crippen LogP contribution is -2.11.